The van der Waals surface area contributed by atoms with E-state index in [1.54, 1.807) is 0 Å². The predicted molar refractivity (Wildman–Crippen MR) is 81.4 cm³/mol. The Kier molecular flexibility index (Phi) is 4.48. The normalized spacial score (nSPS) is 44.2. The lowest BCUT2D eigenvalue weighted by molar-refractivity contribution is 0.0410. The first-order chi connectivity index (χ1) is 9.29. The Labute approximate surface area is 119 Å². The van der Waals surface area contributed by atoms with Crippen molar-refractivity contribution < 1.29 is 0 Å². The van der Waals surface area contributed by atoms with Gasteiger partial charge < -0.3 is 5.32 Å². The van der Waals surface area contributed by atoms with Crippen LogP contribution in [0.1, 0.15) is 71.6 Å². The molecule has 0 amide bonds. The molecule has 2 bridgehead atoms. The van der Waals surface area contributed by atoms with Crippen molar-refractivity contribution in [3.05, 3.63) is 0 Å². The van der Waals surface area contributed by atoms with Crippen molar-refractivity contribution in [1.29, 1.82) is 0 Å². The van der Waals surface area contributed by atoms with E-state index in [1.165, 1.54) is 57.8 Å². The maximum absolute atomic E-state index is 3.71. The molecule has 0 spiro atoms. The van der Waals surface area contributed by atoms with E-state index in [2.05, 4.69) is 24.1 Å². The van der Waals surface area contributed by atoms with Gasteiger partial charge in [-0.3, -0.25) is 4.90 Å². The first kappa shape index (κ1) is 13.9. The molecule has 110 valence electrons. The minimum absolute atomic E-state index is 0.805. The summed E-state index contributed by atoms with van der Waals surface area (Å²) in [6, 6.07) is 3.50. The highest BCUT2D eigenvalue weighted by Crippen LogP contribution is 2.41. The third kappa shape index (κ3) is 2.85. The van der Waals surface area contributed by atoms with Crippen molar-refractivity contribution in [1.82, 2.24) is 10.2 Å². The molecule has 1 aliphatic carbocycles. The summed E-state index contributed by atoms with van der Waals surface area (Å²) in [5.41, 5.74) is 0. The zero-order valence-corrected chi connectivity index (χ0v) is 12.9. The van der Waals surface area contributed by atoms with Crippen LogP contribution in [0.4, 0.5) is 0 Å². The number of nitrogens with zero attached hydrogens (tertiary/aromatic N) is 1. The first-order valence-electron chi connectivity index (χ1n) is 8.80. The van der Waals surface area contributed by atoms with Gasteiger partial charge in [0, 0.05) is 24.2 Å². The number of piperidine rings is 1. The Bertz CT molecular complexity index is 277. The lowest BCUT2D eigenvalue weighted by Crippen LogP contribution is -2.54. The third-order valence-electron chi connectivity index (χ3n) is 5.98. The van der Waals surface area contributed by atoms with Gasteiger partial charge in [0.1, 0.15) is 0 Å². The number of fused-ring (bicyclic) bond motifs is 2. The van der Waals surface area contributed by atoms with Gasteiger partial charge in [-0.25, -0.2) is 0 Å². The molecule has 0 radical (unpaired) electrons. The van der Waals surface area contributed by atoms with E-state index in [1.807, 2.05) is 0 Å². The van der Waals surface area contributed by atoms with Crippen LogP contribution in [0.5, 0.6) is 0 Å². The molecule has 2 saturated heterocycles. The Morgan fingerprint density at radius 2 is 1.63 bits per heavy atom. The Morgan fingerprint density at radius 1 is 0.947 bits per heavy atom. The zero-order chi connectivity index (χ0) is 13.2. The zero-order valence-electron chi connectivity index (χ0n) is 12.9. The van der Waals surface area contributed by atoms with Crippen molar-refractivity contribution in [2.75, 3.05) is 6.54 Å². The third-order valence-corrected chi connectivity index (χ3v) is 5.98. The van der Waals surface area contributed by atoms with Gasteiger partial charge in [0.15, 0.2) is 0 Å². The quantitative estimate of drug-likeness (QED) is 0.784. The predicted octanol–water partition coefficient (Wildman–Crippen LogP) is 3.56. The van der Waals surface area contributed by atoms with Gasteiger partial charge in [0.25, 0.3) is 0 Å². The van der Waals surface area contributed by atoms with Crippen molar-refractivity contribution in [3.63, 3.8) is 0 Å². The van der Waals surface area contributed by atoms with Gasteiger partial charge in [-0.15, -0.1) is 0 Å². The molecule has 3 aliphatic rings. The highest BCUT2D eigenvalue weighted by atomic mass is 15.3. The first-order valence-corrected chi connectivity index (χ1v) is 8.80. The van der Waals surface area contributed by atoms with Crippen molar-refractivity contribution >= 4 is 0 Å². The molecule has 0 aromatic carbocycles. The van der Waals surface area contributed by atoms with Gasteiger partial charge in [0.05, 0.1) is 0 Å². The fourth-order valence-corrected chi connectivity index (χ4v) is 5.13. The second-order valence-electron chi connectivity index (χ2n) is 7.24. The van der Waals surface area contributed by atoms with Gasteiger partial charge in [-0.2, -0.15) is 0 Å². The summed E-state index contributed by atoms with van der Waals surface area (Å²) in [6.45, 7) is 5.91. The number of rotatable bonds is 3. The van der Waals surface area contributed by atoms with Crippen LogP contribution < -0.4 is 5.32 Å². The number of hydrogen-bond acceptors (Lipinski definition) is 2. The molecular weight excluding hydrogens is 232 g/mol. The standard InChI is InChI=1S/C17H32N2/c1-3-18-14-11-15-9-10-16(12-14)19(15)17-8-6-4-5-7-13(17)2/h13-18H,3-12H2,1-2H3. The average molecular weight is 264 g/mol. The van der Waals surface area contributed by atoms with Crippen molar-refractivity contribution in [2.24, 2.45) is 5.92 Å². The summed E-state index contributed by atoms with van der Waals surface area (Å²) in [7, 11) is 0. The molecule has 2 nitrogen and oxygen atoms in total. The molecule has 0 aromatic rings. The molecule has 2 heterocycles. The van der Waals surface area contributed by atoms with E-state index < -0.39 is 0 Å². The Hall–Kier alpha value is -0.0800. The number of nitrogens with one attached hydrogen (secondary N) is 1. The summed E-state index contributed by atoms with van der Waals surface area (Å²) >= 11 is 0. The van der Waals surface area contributed by atoms with E-state index in [0.717, 1.165) is 36.6 Å². The smallest absolute Gasteiger partial charge is 0.0127 e. The topological polar surface area (TPSA) is 15.3 Å². The molecule has 19 heavy (non-hydrogen) atoms. The molecule has 2 heteroatoms. The monoisotopic (exact) mass is 264 g/mol. The van der Waals surface area contributed by atoms with Crippen LogP contribution in [0.25, 0.3) is 0 Å². The van der Waals surface area contributed by atoms with E-state index in [-0.39, 0.29) is 0 Å². The van der Waals surface area contributed by atoms with Gasteiger partial charge in [-0.1, -0.05) is 33.1 Å². The molecule has 0 aromatic heterocycles. The van der Waals surface area contributed by atoms with Crippen LogP contribution in [0.3, 0.4) is 0 Å². The summed E-state index contributed by atoms with van der Waals surface area (Å²) in [6.07, 6.45) is 13.1. The molecule has 3 fully saturated rings. The highest BCUT2D eigenvalue weighted by molar-refractivity contribution is 5.01. The molecular formula is C17H32N2. The summed E-state index contributed by atoms with van der Waals surface area (Å²) in [5.74, 6) is 0.932. The number of hydrogen-bond donors (Lipinski definition) is 1. The maximum atomic E-state index is 3.71. The molecule has 3 rings (SSSR count). The van der Waals surface area contributed by atoms with Crippen LogP contribution in [-0.2, 0) is 0 Å². The lowest BCUT2D eigenvalue weighted by Gasteiger charge is -2.45. The lowest BCUT2D eigenvalue weighted by atomic mass is 9.89. The molecule has 1 N–H and O–H groups in total. The molecule has 4 atom stereocenters. The van der Waals surface area contributed by atoms with Crippen LogP contribution in [-0.4, -0.2) is 35.6 Å². The minimum Gasteiger partial charge on any atom is -0.314 e. The Morgan fingerprint density at radius 3 is 2.32 bits per heavy atom. The van der Waals surface area contributed by atoms with Crippen molar-refractivity contribution in [2.45, 2.75) is 95.8 Å². The van der Waals surface area contributed by atoms with E-state index in [0.29, 0.717) is 0 Å². The van der Waals surface area contributed by atoms with E-state index >= 15 is 0 Å². The largest absolute Gasteiger partial charge is 0.314 e. The summed E-state index contributed by atoms with van der Waals surface area (Å²) in [4.78, 5) is 2.99. The van der Waals surface area contributed by atoms with Crippen LogP contribution in [0, 0.1) is 5.92 Å². The highest BCUT2D eigenvalue weighted by Gasteiger charge is 2.44. The SMILES string of the molecule is CCNC1CC2CCC(C1)N2C1CCCCCC1C. The molecule has 4 unspecified atom stereocenters. The fraction of sp³-hybridized carbons (Fsp3) is 1.00. The second-order valence-corrected chi connectivity index (χ2v) is 7.24. The minimum atomic E-state index is 0.805. The van der Waals surface area contributed by atoms with Crippen LogP contribution in [0.15, 0.2) is 0 Å². The van der Waals surface area contributed by atoms with Gasteiger partial charge >= 0.3 is 0 Å². The maximum Gasteiger partial charge on any atom is 0.0127 e. The summed E-state index contributed by atoms with van der Waals surface area (Å²) < 4.78 is 0. The second kappa shape index (κ2) is 6.13. The molecule has 2 aliphatic heterocycles. The average Bonchev–Trinajstić information content (AvgIpc) is 2.57. The van der Waals surface area contributed by atoms with Crippen LogP contribution in [0.2, 0.25) is 0 Å². The van der Waals surface area contributed by atoms with E-state index in [9.17, 15) is 0 Å². The van der Waals surface area contributed by atoms with Gasteiger partial charge in [-0.05, 0) is 51.0 Å². The van der Waals surface area contributed by atoms with E-state index in [4.69, 9.17) is 0 Å². The molecule has 1 saturated carbocycles. The fourth-order valence-electron chi connectivity index (χ4n) is 5.13. The summed E-state index contributed by atoms with van der Waals surface area (Å²) in [5, 5.41) is 3.71. The Balaban J connectivity index is 1.68. The van der Waals surface area contributed by atoms with Crippen molar-refractivity contribution in [3.8, 4) is 0 Å². The van der Waals surface area contributed by atoms with Crippen LogP contribution >= 0.6 is 0 Å². The van der Waals surface area contributed by atoms with Gasteiger partial charge in [0.2, 0.25) is 0 Å².